The van der Waals surface area contributed by atoms with Gasteiger partial charge >= 0.3 is 0 Å². The van der Waals surface area contributed by atoms with Crippen LogP contribution in [0.15, 0.2) is 24.3 Å². The zero-order valence-corrected chi connectivity index (χ0v) is 14.1. The topological polar surface area (TPSA) is 70.5 Å². The first-order valence-corrected chi connectivity index (χ1v) is 8.16. The van der Waals surface area contributed by atoms with Crippen molar-refractivity contribution in [1.82, 2.24) is 9.13 Å². The molecule has 2 aromatic rings. The van der Waals surface area contributed by atoms with Gasteiger partial charge in [0.1, 0.15) is 18.3 Å². The Morgan fingerprint density at radius 1 is 0.652 bits per heavy atom. The highest BCUT2D eigenvalue weighted by Gasteiger charge is 2.45. The summed E-state index contributed by atoms with van der Waals surface area (Å²) in [5.41, 5.74) is 4.20. The molecule has 2 aromatic heterocycles. The van der Waals surface area contributed by atoms with Crippen LogP contribution in [0, 0.1) is 27.7 Å². The molecule has 0 bridgehead atoms. The van der Waals surface area contributed by atoms with Crippen LogP contribution >= 0.6 is 0 Å². The van der Waals surface area contributed by atoms with E-state index in [9.17, 15) is 15.3 Å². The average Bonchev–Trinajstić information content (AvgIpc) is 3.01. The van der Waals surface area contributed by atoms with Gasteiger partial charge in [0.2, 0.25) is 0 Å². The standard InChI is InChI=1S/C18H26N2O3/c1-10-5-6-11(2)19(10)14-9-15(17(22)18(23)16(14)21)20-12(3)7-8-13(20)4/h5-8,14-18,21-23H,9H2,1-4H3. The molecule has 1 fully saturated rings. The minimum atomic E-state index is -1.17. The Morgan fingerprint density at radius 3 is 1.26 bits per heavy atom. The molecule has 1 aliphatic rings. The molecule has 4 unspecified atom stereocenters. The highest BCUT2D eigenvalue weighted by molar-refractivity contribution is 5.20. The molecule has 126 valence electrons. The molecule has 23 heavy (non-hydrogen) atoms. The van der Waals surface area contributed by atoms with E-state index in [0.717, 1.165) is 22.8 Å². The van der Waals surface area contributed by atoms with Crippen LogP contribution in [0.3, 0.4) is 0 Å². The van der Waals surface area contributed by atoms with Crippen LogP contribution in [0.25, 0.3) is 0 Å². The summed E-state index contributed by atoms with van der Waals surface area (Å²) >= 11 is 0. The number of aliphatic hydroxyl groups excluding tert-OH is 3. The molecule has 1 saturated carbocycles. The minimum absolute atomic E-state index is 0.255. The Labute approximate surface area is 136 Å². The lowest BCUT2D eigenvalue weighted by Gasteiger charge is -2.43. The molecule has 5 nitrogen and oxygen atoms in total. The maximum absolute atomic E-state index is 10.5. The van der Waals surface area contributed by atoms with Gasteiger partial charge in [-0.1, -0.05) is 0 Å². The van der Waals surface area contributed by atoms with E-state index in [1.165, 1.54) is 0 Å². The van der Waals surface area contributed by atoms with E-state index in [1.807, 2.05) is 52.0 Å². The van der Waals surface area contributed by atoms with E-state index in [1.54, 1.807) is 0 Å². The number of aryl methyl sites for hydroxylation is 4. The van der Waals surface area contributed by atoms with Crippen LogP contribution < -0.4 is 0 Å². The van der Waals surface area contributed by atoms with Gasteiger partial charge in [0, 0.05) is 22.8 Å². The fourth-order valence-corrected chi connectivity index (χ4v) is 4.11. The van der Waals surface area contributed by atoms with Crippen molar-refractivity contribution in [3.8, 4) is 0 Å². The monoisotopic (exact) mass is 318 g/mol. The van der Waals surface area contributed by atoms with Crippen molar-refractivity contribution in [2.75, 3.05) is 0 Å². The maximum Gasteiger partial charge on any atom is 0.110 e. The fraction of sp³-hybridized carbons (Fsp3) is 0.556. The smallest absolute Gasteiger partial charge is 0.110 e. The third-order valence-electron chi connectivity index (χ3n) is 5.29. The minimum Gasteiger partial charge on any atom is -0.388 e. The first-order valence-electron chi connectivity index (χ1n) is 8.16. The van der Waals surface area contributed by atoms with Crippen LogP contribution in [0.1, 0.15) is 41.3 Å². The van der Waals surface area contributed by atoms with E-state index in [2.05, 4.69) is 9.13 Å². The SMILES string of the molecule is Cc1ccc(C)n1C1CC(n2c(C)ccc2C)C(O)C(O)C1O. The number of aliphatic hydroxyl groups is 3. The molecule has 3 N–H and O–H groups in total. The summed E-state index contributed by atoms with van der Waals surface area (Å²) in [6.45, 7) is 7.99. The van der Waals surface area contributed by atoms with Crippen molar-refractivity contribution in [1.29, 1.82) is 0 Å². The first-order chi connectivity index (χ1) is 10.8. The predicted octanol–water partition coefficient (Wildman–Crippen LogP) is 1.79. The molecular weight excluding hydrogens is 292 g/mol. The fourth-order valence-electron chi connectivity index (χ4n) is 4.11. The summed E-state index contributed by atoms with van der Waals surface area (Å²) in [5.74, 6) is 0. The van der Waals surface area contributed by atoms with Gasteiger partial charge in [0.05, 0.1) is 12.1 Å². The van der Waals surface area contributed by atoms with E-state index >= 15 is 0 Å². The lowest BCUT2D eigenvalue weighted by atomic mass is 9.83. The number of hydrogen-bond donors (Lipinski definition) is 3. The maximum atomic E-state index is 10.5. The second kappa shape index (κ2) is 5.82. The summed E-state index contributed by atoms with van der Waals surface area (Å²) in [7, 11) is 0. The molecule has 0 spiro atoms. The van der Waals surface area contributed by atoms with Gasteiger partial charge in [-0.05, 0) is 58.4 Å². The summed E-state index contributed by atoms with van der Waals surface area (Å²) < 4.78 is 4.14. The van der Waals surface area contributed by atoms with Crippen LogP contribution in [0.5, 0.6) is 0 Å². The normalized spacial score (nSPS) is 31.5. The van der Waals surface area contributed by atoms with Crippen LogP contribution in [-0.2, 0) is 0 Å². The van der Waals surface area contributed by atoms with Crippen LogP contribution in [0.4, 0.5) is 0 Å². The van der Waals surface area contributed by atoms with Crippen LogP contribution in [0.2, 0.25) is 0 Å². The van der Waals surface area contributed by atoms with Crippen LogP contribution in [-0.4, -0.2) is 42.8 Å². The van der Waals surface area contributed by atoms with Crippen molar-refractivity contribution >= 4 is 0 Å². The molecule has 5 heteroatoms. The molecule has 0 radical (unpaired) electrons. The Bertz CT molecular complexity index is 606. The number of aromatic nitrogens is 2. The predicted molar refractivity (Wildman–Crippen MR) is 88.5 cm³/mol. The summed E-state index contributed by atoms with van der Waals surface area (Å²) in [6, 6.07) is 7.55. The molecular formula is C18H26N2O3. The van der Waals surface area contributed by atoms with E-state index in [0.29, 0.717) is 6.42 Å². The molecule has 1 aliphatic carbocycles. The number of nitrogens with zero attached hydrogens (tertiary/aromatic N) is 2. The third-order valence-corrected chi connectivity index (χ3v) is 5.29. The van der Waals surface area contributed by atoms with Crippen molar-refractivity contribution < 1.29 is 15.3 Å². The van der Waals surface area contributed by atoms with Gasteiger partial charge in [-0.25, -0.2) is 0 Å². The number of hydrogen-bond acceptors (Lipinski definition) is 3. The summed E-state index contributed by atoms with van der Waals surface area (Å²) in [4.78, 5) is 0. The second-order valence-electron chi connectivity index (χ2n) is 6.81. The zero-order chi connectivity index (χ0) is 16.9. The lowest BCUT2D eigenvalue weighted by Crippen LogP contribution is -2.52. The quantitative estimate of drug-likeness (QED) is 0.790. The van der Waals surface area contributed by atoms with Crippen molar-refractivity contribution in [3.63, 3.8) is 0 Å². The van der Waals surface area contributed by atoms with Gasteiger partial charge < -0.3 is 24.5 Å². The Hall–Kier alpha value is -1.56. The van der Waals surface area contributed by atoms with Crippen molar-refractivity contribution in [2.24, 2.45) is 0 Å². The van der Waals surface area contributed by atoms with Crippen molar-refractivity contribution in [2.45, 2.75) is 64.5 Å². The Balaban J connectivity index is 2.03. The van der Waals surface area contributed by atoms with Crippen molar-refractivity contribution in [3.05, 3.63) is 47.0 Å². The zero-order valence-electron chi connectivity index (χ0n) is 14.1. The Kier molecular flexibility index (Phi) is 4.12. The van der Waals surface area contributed by atoms with Gasteiger partial charge in [0.15, 0.2) is 0 Å². The third kappa shape index (κ3) is 2.53. The first kappa shape index (κ1) is 16.3. The largest absolute Gasteiger partial charge is 0.388 e. The lowest BCUT2D eigenvalue weighted by molar-refractivity contribution is -0.127. The van der Waals surface area contributed by atoms with Gasteiger partial charge in [-0.15, -0.1) is 0 Å². The summed E-state index contributed by atoms with van der Waals surface area (Å²) in [5, 5.41) is 31.5. The second-order valence-corrected chi connectivity index (χ2v) is 6.81. The summed E-state index contributed by atoms with van der Waals surface area (Å²) in [6.07, 6.45) is -2.56. The highest BCUT2D eigenvalue weighted by Crippen LogP contribution is 2.39. The van der Waals surface area contributed by atoms with Gasteiger partial charge in [-0.2, -0.15) is 0 Å². The van der Waals surface area contributed by atoms with E-state index in [-0.39, 0.29) is 12.1 Å². The van der Waals surface area contributed by atoms with Gasteiger partial charge in [-0.3, -0.25) is 0 Å². The highest BCUT2D eigenvalue weighted by atomic mass is 16.4. The molecule has 3 rings (SSSR count). The molecule has 0 aromatic carbocycles. The molecule has 0 aliphatic heterocycles. The van der Waals surface area contributed by atoms with E-state index < -0.39 is 18.3 Å². The molecule has 2 heterocycles. The van der Waals surface area contributed by atoms with E-state index in [4.69, 9.17) is 0 Å². The Morgan fingerprint density at radius 2 is 0.957 bits per heavy atom. The molecule has 4 atom stereocenters. The molecule has 0 saturated heterocycles. The number of rotatable bonds is 2. The molecule has 0 amide bonds. The van der Waals surface area contributed by atoms with Gasteiger partial charge in [0.25, 0.3) is 0 Å². The average molecular weight is 318 g/mol.